The Morgan fingerprint density at radius 2 is 0.282 bits per heavy atom. The van der Waals surface area contributed by atoms with Crippen LogP contribution in [0.25, 0.3) is 0 Å². The van der Waals surface area contributed by atoms with Gasteiger partial charge in [0.1, 0.15) is 0 Å². The van der Waals surface area contributed by atoms with Crippen LogP contribution in [-0.4, -0.2) is 75.5 Å². The van der Waals surface area contributed by atoms with Crippen molar-refractivity contribution in [1.82, 2.24) is 0 Å². The first-order valence-electron chi connectivity index (χ1n) is 32.4. The van der Waals surface area contributed by atoms with E-state index in [4.69, 9.17) is 28.4 Å². The van der Waals surface area contributed by atoms with Gasteiger partial charge in [-0.05, 0) is 38.5 Å². The molecule has 450 valence electrons. The first kappa shape index (κ1) is 72.1. The Bertz CT molecular complexity index is 1380. The Balaban J connectivity index is 4.25. The lowest BCUT2D eigenvalue weighted by Gasteiger charge is -2.23. The molecule has 0 amide bonds. The molecule has 12 nitrogen and oxygen atoms in total. The number of benzene rings is 1. The third-order valence-corrected chi connectivity index (χ3v) is 14.6. The van der Waals surface area contributed by atoms with Gasteiger partial charge in [-0.2, -0.15) is 0 Å². The zero-order valence-corrected chi connectivity index (χ0v) is 50.8. The average Bonchev–Trinajstić information content (AvgIpc) is 3.61. The summed E-state index contributed by atoms with van der Waals surface area (Å²) in [5, 5.41) is 0. The highest BCUT2D eigenvalue weighted by Gasteiger charge is 2.43. The highest BCUT2D eigenvalue weighted by atomic mass is 16.6. The lowest BCUT2D eigenvalue weighted by molar-refractivity contribution is 0.0385. The van der Waals surface area contributed by atoms with Crippen molar-refractivity contribution in [1.29, 1.82) is 0 Å². The maximum atomic E-state index is 15.0. The van der Waals surface area contributed by atoms with E-state index in [-0.39, 0.29) is 39.6 Å². The Morgan fingerprint density at radius 1 is 0.179 bits per heavy atom. The molecule has 0 heterocycles. The number of carbonyl (C=O) groups is 6. The van der Waals surface area contributed by atoms with Crippen LogP contribution >= 0.6 is 0 Å². The number of hydrogen-bond acceptors (Lipinski definition) is 12. The Labute approximate surface area is 475 Å². The van der Waals surface area contributed by atoms with E-state index in [9.17, 15) is 28.8 Å². The molecule has 0 aliphatic carbocycles. The smallest absolute Gasteiger partial charge is 0.339 e. The molecule has 0 aliphatic heterocycles. The number of rotatable bonds is 54. The molecular formula is C66H114O12. The molecule has 0 saturated heterocycles. The zero-order chi connectivity index (χ0) is 57.1. The maximum absolute atomic E-state index is 15.0. The van der Waals surface area contributed by atoms with Crippen molar-refractivity contribution in [2.75, 3.05) is 39.6 Å². The lowest BCUT2D eigenvalue weighted by Crippen LogP contribution is -2.32. The minimum Gasteiger partial charge on any atom is -0.462 e. The molecule has 1 aromatic rings. The summed E-state index contributed by atoms with van der Waals surface area (Å²) in [6.45, 7) is 12.6. The van der Waals surface area contributed by atoms with Crippen LogP contribution in [0.1, 0.15) is 373 Å². The van der Waals surface area contributed by atoms with Crippen LogP contribution < -0.4 is 0 Å². The number of ether oxygens (including phenoxy) is 6. The second-order valence-corrected chi connectivity index (χ2v) is 21.8. The van der Waals surface area contributed by atoms with Gasteiger partial charge in [0.2, 0.25) is 0 Å². The molecule has 0 saturated carbocycles. The maximum Gasteiger partial charge on any atom is 0.339 e. The molecule has 0 N–H and O–H groups in total. The van der Waals surface area contributed by atoms with E-state index in [1.165, 1.54) is 0 Å². The second kappa shape index (κ2) is 51.2. The largest absolute Gasteiger partial charge is 0.462 e. The summed E-state index contributed by atoms with van der Waals surface area (Å²) in [4.78, 5) is 90.0. The van der Waals surface area contributed by atoms with Crippen LogP contribution in [0.4, 0.5) is 0 Å². The fourth-order valence-electron chi connectivity index (χ4n) is 9.75. The third kappa shape index (κ3) is 33.6. The Morgan fingerprint density at radius 3 is 0.397 bits per heavy atom. The van der Waals surface area contributed by atoms with Crippen molar-refractivity contribution in [3.63, 3.8) is 0 Å². The van der Waals surface area contributed by atoms with Crippen LogP contribution in [0.5, 0.6) is 0 Å². The van der Waals surface area contributed by atoms with E-state index >= 15 is 0 Å². The SMILES string of the molecule is CCCCCCCCCOC(=O)c1c(C(=O)OCCCCCCCCC)c(C(=O)OCCCCCCCCC)c(C(=O)OCCCCCCCCC)c(C(=O)OCCCCCCCCC)c1C(=O)OCCCCCCCCC. The monoisotopic (exact) mass is 1100 g/mol. The lowest BCUT2D eigenvalue weighted by atomic mass is 9.85. The Kier molecular flexibility index (Phi) is 47.3. The standard InChI is InChI=1S/C66H114O12/c1-7-13-19-25-31-37-43-49-73-61(67)55-56(62(68)74-50-44-38-32-26-20-14-8-2)58(64(70)76-52-46-40-34-28-22-16-10-4)60(66(72)78-54-48-42-36-30-24-18-12-6)59(65(71)77-53-47-41-35-29-23-17-11-5)57(55)63(69)75-51-45-39-33-27-21-15-9-3/h7-54H2,1-6H3. The summed E-state index contributed by atoms with van der Waals surface area (Å²) in [6, 6.07) is 0. The van der Waals surface area contributed by atoms with Crippen molar-refractivity contribution in [3.8, 4) is 0 Å². The quantitative estimate of drug-likeness (QED) is 0.0346. The highest BCUT2D eigenvalue weighted by molar-refractivity contribution is 6.24. The molecule has 12 heteroatoms. The van der Waals surface area contributed by atoms with Crippen molar-refractivity contribution < 1.29 is 57.2 Å². The molecule has 1 aromatic carbocycles. The molecule has 0 bridgehead atoms. The number of carbonyl (C=O) groups excluding carboxylic acids is 6. The first-order chi connectivity index (χ1) is 38.2. The van der Waals surface area contributed by atoms with Crippen LogP contribution in [0, 0.1) is 0 Å². The normalized spacial score (nSPS) is 11.2. The molecule has 0 fully saturated rings. The van der Waals surface area contributed by atoms with Gasteiger partial charge in [-0.15, -0.1) is 0 Å². The summed E-state index contributed by atoms with van der Waals surface area (Å²) in [5.41, 5.74) is -4.08. The highest BCUT2D eigenvalue weighted by Crippen LogP contribution is 2.34. The summed E-state index contributed by atoms with van der Waals surface area (Å²) in [6.07, 6.45) is 39.6. The molecule has 1 rings (SSSR count). The van der Waals surface area contributed by atoms with Gasteiger partial charge < -0.3 is 28.4 Å². The van der Waals surface area contributed by atoms with Gasteiger partial charge in [0.15, 0.2) is 0 Å². The summed E-state index contributed by atoms with van der Waals surface area (Å²) < 4.78 is 35.7. The van der Waals surface area contributed by atoms with Crippen molar-refractivity contribution >= 4 is 35.8 Å². The molecule has 78 heavy (non-hydrogen) atoms. The van der Waals surface area contributed by atoms with E-state index < -0.39 is 69.2 Å². The van der Waals surface area contributed by atoms with Gasteiger partial charge >= 0.3 is 35.8 Å². The number of esters is 6. The number of unbranched alkanes of at least 4 members (excludes halogenated alkanes) is 36. The fraction of sp³-hybridized carbons (Fsp3) is 0.818. The van der Waals surface area contributed by atoms with E-state index in [1.54, 1.807) is 0 Å². The van der Waals surface area contributed by atoms with E-state index in [0.29, 0.717) is 38.5 Å². The van der Waals surface area contributed by atoms with Gasteiger partial charge in [0.05, 0.1) is 73.0 Å². The van der Waals surface area contributed by atoms with Gasteiger partial charge in [-0.3, -0.25) is 0 Å². The second-order valence-electron chi connectivity index (χ2n) is 21.8. The van der Waals surface area contributed by atoms with Crippen LogP contribution in [0.2, 0.25) is 0 Å². The van der Waals surface area contributed by atoms with Crippen LogP contribution in [-0.2, 0) is 28.4 Å². The molecule has 0 atom stereocenters. The van der Waals surface area contributed by atoms with E-state index in [0.717, 1.165) is 231 Å². The van der Waals surface area contributed by atoms with Crippen LogP contribution in [0.3, 0.4) is 0 Å². The van der Waals surface area contributed by atoms with Crippen LogP contribution in [0.15, 0.2) is 0 Å². The van der Waals surface area contributed by atoms with E-state index in [1.807, 2.05) is 0 Å². The molecule has 0 spiro atoms. The molecular weight excluding hydrogens is 985 g/mol. The summed E-state index contributed by atoms with van der Waals surface area (Å²) in [5.74, 6) is -6.77. The minimum atomic E-state index is -1.13. The zero-order valence-electron chi connectivity index (χ0n) is 50.8. The van der Waals surface area contributed by atoms with Gasteiger partial charge in [0, 0.05) is 0 Å². The van der Waals surface area contributed by atoms with Crippen molar-refractivity contribution in [2.24, 2.45) is 0 Å². The summed E-state index contributed by atoms with van der Waals surface area (Å²) in [7, 11) is 0. The predicted octanol–water partition coefficient (Wildman–Crippen LogP) is 19.1. The van der Waals surface area contributed by atoms with Gasteiger partial charge in [-0.1, -0.05) is 273 Å². The third-order valence-electron chi connectivity index (χ3n) is 14.6. The topological polar surface area (TPSA) is 158 Å². The van der Waals surface area contributed by atoms with Crippen molar-refractivity contribution in [2.45, 2.75) is 311 Å². The average molecular weight is 1100 g/mol. The molecule has 0 radical (unpaired) electrons. The first-order valence-corrected chi connectivity index (χ1v) is 32.4. The molecule has 0 unspecified atom stereocenters. The number of hydrogen-bond donors (Lipinski definition) is 0. The predicted molar refractivity (Wildman–Crippen MR) is 316 cm³/mol. The van der Waals surface area contributed by atoms with E-state index in [2.05, 4.69) is 41.5 Å². The molecule has 0 aromatic heterocycles. The van der Waals surface area contributed by atoms with Gasteiger partial charge in [-0.25, -0.2) is 28.8 Å². The van der Waals surface area contributed by atoms with Crippen molar-refractivity contribution in [3.05, 3.63) is 33.4 Å². The molecule has 0 aliphatic rings. The Hall–Kier alpha value is -3.96. The summed E-state index contributed by atoms with van der Waals surface area (Å²) >= 11 is 0. The minimum absolute atomic E-state index is 0.0655. The fourth-order valence-corrected chi connectivity index (χ4v) is 9.75. The van der Waals surface area contributed by atoms with Gasteiger partial charge in [0.25, 0.3) is 0 Å².